The average molecular weight is 333 g/mol. The first-order valence-electron chi connectivity index (χ1n) is 8.21. The molecule has 0 N–H and O–H groups in total. The second-order valence-corrected chi connectivity index (χ2v) is 7.69. The molecule has 1 amide bonds. The molecule has 1 aliphatic heterocycles. The Kier molecular flexibility index (Phi) is 4.57. The molecule has 1 aliphatic carbocycles. The summed E-state index contributed by atoms with van der Waals surface area (Å²) in [6.45, 7) is 3.84. The van der Waals surface area contributed by atoms with E-state index in [9.17, 15) is 9.59 Å². The van der Waals surface area contributed by atoms with E-state index in [4.69, 9.17) is 4.74 Å². The van der Waals surface area contributed by atoms with Crippen molar-refractivity contribution in [2.45, 2.75) is 51.5 Å². The van der Waals surface area contributed by atoms with Crippen LogP contribution in [0.15, 0.2) is 23.3 Å². The maximum atomic E-state index is 13.0. The van der Waals surface area contributed by atoms with Gasteiger partial charge in [-0.2, -0.15) is 0 Å². The number of thiophene rings is 1. The van der Waals surface area contributed by atoms with E-state index < -0.39 is 5.54 Å². The number of hydrogen-bond donors (Lipinski definition) is 0. The van der Waals surface area contributed by atoms with Crippen molar-refractivity contribution < 1.29 is 14.3 Å². The van der Waals surface area contributed by atoms with Gasteiger partial charge in [0.15, 0.2) is 6.73 Å². The van der Waals surface area contributed by atoms with Gasteiger partial charge in [0.05, 0.1) is 11.1 Å². The Bertz CT molecular complexity index is 616. The van der Waals surface area contributed by atoms with Gasteiger partial charge in [0, 0.05) is 4.88 Å². The number of hydrogen-bond acceptors (Lipinski definition) is 4. The number of amides is 1. The normalized spacial score (nSPS) is 22.2. The Morgan fingerprint density at radius 2 is 2.17 bits per heavy atom. The first-order valence-corrected chi connectivity index (χ1v) is 9.09. The third kappa shape index (κ3) is 3.07. The van der Waals surface area contributed by atoms with Crippen LogP contribution in [0.5, 0.6) is 0 Å². The summed E-state index contributed by atoms with van der Waals surface area (Å²) in [5.74, 6) is 1.07. The molecule has 4 nitrogen and oxygen atoms in total. The highest BCUT2D eigenvalue weighted by molar-refractivity contribution is 7.11. The summed E-state index contributed by atoms with van der Waals surface area (Å²) in [6.07, 6.45) is 6.41. The third-order valence-electron chi connectivity index (χ3n) is 5.04. The summed E-state index contributed by atoms with van der Waals surface area (Å²) >= 11 is 1.52. The molecule has 2 heterocycles. The standard InChI is InChI=1S/C18H23NO3S/c1-13-16(15-8-5-9-23-15)17(21)19(12-22-13)18(2,11-20)10-14-6-3-4-7-14/h5,8-9,11,14H,3-4,6-7,10,12H2,1-2H3. The fraction of sp³-hybridized carbons (Fsp3) is 0.556. The molecule has 0 bridgehead atoms. The molecule has 1 aromatic rings. The molecule has 1 aromatic heterocycles. The lowest BCUT2D eigenvalue weighted by Crippen LogP contribution is -2.54. The molecule has 1 fully saturated rings. The first-order chi connectivity index (χ1) is 11.0. The smallest absolute Gasteiger partial charge is 0.262 e. The predicted molar refractivity (Wildman–Crippen MR) is 90.8 cm³/mol. The van der Waals surface area contributed by atoms with E-state index in [1.165, 1.54) is 24.2 Å². The number of carbonyl (C=O) groups excluding carboxylic acids is 2. The van der Waals surface area contributed by atoms with Gasteiger partial charge in [0.1, 0.15) is 12.0 Å². The Morgan fingerprint density at radius 1 is 1.43 bits per heavy atom. The van der Waals surface area contributed by atoms with Crippen molar-refractivity contribution in [3.63, 3.8) is 0 Å². The van der Waals surface area contributed by atoms with Gasteiger partial charge in [-0.1, -0.05) is 31.7 Å². The van der Waals surface area contributed by atoms with Gasteiger partial charge in [-0.15, -0.1) is 11.3 Å². The zero-order chi connectivity index (χ0) is 16.4. The monoisotopic (exact) mass is 333 g/mol. The van der Waals surface area contributed by atoms with Gasteiger partial charge in [0.2, 0.25) is 0 Å². The maximum Gasteiger partial charge on any atom is 0.262 e. The van der Waals surface area contributed by atoms with Crippen LogP contribution in [0, 0.1) is 5.92 Å². The lowest BCUT2D eigenvalue weighted by atomic mass is 9.87. The van der Waals surface area contributed by atoms with E-state index in [1.54, 1.807) is 4.90 Å². The Labute approximate surface area is 141 Å². The molecule has 1 saturated carbocycles. The number of carbonyl (C=O) groups is 2. The Hall–Kier alpha value is -1.62. The summed E-state index contributed by atoms with van der Waals surface area (Å²) in [7, 11) is 0. The van der Waals surface area contributed by atoms with Crippen LogP contribution in [-0.4, -0.2) is 29.4 Å². The number of allylic oxidation sites excluding steroid dienone is 1. The first kappa shape index (κ1) is 16.2. The van der Waals surface area contributed by atoms with Gasteiger partial charge >= 0.3 is 0 Å². The molecule has 5 heteroatoms. The summed E-state index contributed by atoms with van der Waals surface area (Å²) in [4.78, 5) is 27.4. The molecule has 2 aliphatic rings. The van der Waals surface area contributed by atoms with Gasteiger partial charge in [0.25, 0.3) is 5.91 Å². The number of nitrogens with zero attached hydrogens (tertiary/aromatic N) is 1. The SMILES string of the molecule is CC1=C(c2cccs2)C(=O)N(C(C)(C=O)CC2CCCC2)CO1. The van der Waals surface area contributed by atoms with Crippen molar-refractivity contribution in [2.24, 2.45) is 5.92 Å². The van der Waals surface area contributed by atoms with Crippen LogP contribution in [-0.2, 0) is 14.3 Å². The number of aldehydes is 1. The fourth-order valence-corrected chi connectivity index (χ4v) is 4.49. The number of rotatable bonds is 5. The van der Waals surface area contributed by atoms with Crippen molar-refractivity contribution in [1.82, 2.24) is 4.90 Å². The maximum absolute atomic E-state index is 13.0. The van der Waals surface area contributed by atoms with E-state index in [0.717, 1.165) is 30.4 Å². The predicted octanol–water partition coefficient (Wildman–Crippen LogP) is 3.83. The van der Waals surface area contributed by atoms with E-state index >= 15 is 0 Å². The molecule has 23 heavy (non-hydrogen) atoms. The van der Waals surface area contributed by atoms with Gasteiger partial charge < -0.3 is 9.53 Å². The molecule has 1 atom stereocenters. The second kappa shape index (κ2) is 6.48. The van der Waals surface area contributed by atoms with Crippen molar-refractivity contribution >= 4 is 29.1 Å². The third-order valence-corrected chi connectivity index (χ3v) is 5.92. The summed E-state index contributed by atoms with van der Waals surface area (Å²) in [6, 6.07) is 3.84. The lowest BCUT2D eigenvalue weighted by molar-refractivity contribution is -0.145. The minimum atomic E-state index is -0.796. The summed E-state index contributed by atoms with van der Waals surface area (Å²) in [5.41, 5.74) is -0.208. The topological polar surface area (TPSA) is 46.6 Å². The average Bonchev–Trinajstić information content (AvgIpc) is 3.21. The summed E-state index contributed by atoms with van der Waals surface area (Å²) < 4.78 is 5.74. The molecular weight excluding hydrogens is 310 g/mol. The van der Waals surface area contributed by atoms with Crippen molar-refractivity contribution in [3.8, 4) is 0 Å². The fourth-order valence-electron chi connectivity index (χ4n) is 3.68. The Morgan fingerprint density at radius 3 is 2.78 bits per heavy atom. The molecule has 0 aromatic carbocycles. The van der Waals surface area contributed by atoms with Crippen LogP contribution in [0.2, 0.25) is 0 Å². The zero-order valence-corrected chi connectivity index (χ0v) is 14.5. The summed E-state index contributed by atoms with van der Waals surface area (Å²) in [5, 5.41) is 1.94. The zero-order valence-electron chi connectivity index (χ0n) is 13.7. The van der Waals surface area contributed by atoms with Crippen LogP contribution in [0.4, 0.5) is 0 Å². The largest absolute Gasteiger partial charge is 0.477 e. The minimum absolute atomic E-state index is 0.0937. The molecule has 0 spiro atoms. The second-order valence-electron chi connectivity index (χ2n) is 6.74. The highest BCUT2D eigenvalue weighted by Gasteiger charge is 2.42. The van der Waals surface area contributed by atoms with E-state index in [0.29, 0.717) is 17.3 Å². The van der Waals surface area contributed by atoms with E-state index in [-0.39, 0.29) is 12.6 Å². The number of ether oxygens (including phenoxy) is 1. The van der Waals surface area contributed by atoms with Gasteiger partial charge in [-0.05, 0) is 37.6 Å². The van der Waals surface area contributed by atoms with Crippen molar-refractivity contribution in [1.29, 1.82) is 0 Å². The highest BCUT2D eigenvalue weighted by Crippen LogP contribution is 2.37. The Balaban J connectivity index is 1.87. The van der Waals surface area contributed by atoms with E-state index in [1.807, 2.05) is 31.4 Å². The van der Waals surface area contributed by atoms with Crippen LogP contribution >= 0.6 is 11.3 Å². The molecule has 124 valence electrons. The van der Waals surface area contributed by atoms with Gasteiger partial charge in [-0.25, -0.2) is 0 Å². The minimum Gasteiger partial charge on any atom is -0.477 e. The molecule has 3 rings (SSSR count). The molecule has 0 radical (unpaired) electrons. The van der Waals surface area contributed by atoms with Crippen LogP contribution < -0.4 is 0 Å². The van der Waals surface area contributed by atoms with Crippen LogP contribution in [0.1, 0.15) is 50.8 Å². The van der Waals surface area contributed by atoms with Gasteiger partial charge in [-0.3, -0.25) is 9.69 Å². The lowest BCUT2D eigenvalue weighted by Gasteiger charge is -2.41. The molecule has 0 saturated heterocycles. The van der Waals surface area contributed by atoms with Crippen LogP contribution in [0.25, 0.3) is 5.57 Å². The van der Waals surface area contributed by atoms with Crippen LogP contribution in [0.3, 0.4) is 0 Å². The quantitative estimate of drug-likeness (QED) is 0.769. The molecular formula is C18H23NO3S. The van der Waals surface area contributed by atoms with Crippen molar-refractivity contribution in [2.75, 3.05) is 6.73 Å². The van der Waals surface area contributed by atoms with Crippen molar-refractivity contribution in [3.05, 3.63) is 28.1 Å². The van der Waals surface area contributed by atoms with E-state index in [2.05, 4.69) is 0 Å². The molecule has 1 unspecified atom stereocenters. The highest BCUT2D eigenvalue weighted by atomic mass is 32.1.